The number of rotatable bonds is 25. The van der Waals surface area contributed by atoms with Gasteiger partial charge in [0.1, 0.15) is 6.10 Å². The summed E-state index contributed by atoms with van der Waals surface area (Å²) in [4.78, 5) is 24.1. The molecule has 0 saturated carbocycles. The van der Waals surface area contributed by atoms with Gasteiger partial charge < -0.3 is 14.2 Å². The molecule has 0 aromatic carbocycles. The third-order valence-electron chi connectivity index (χ3n) is 6.08. The van der Waals surface area contributed by atoms with Crippen molar-refractivity contribution in [3.05, 3.63) is 0 Å². The summed E-state index contributed by atoms with van der Waals surface area (Å²) in [5.74, 6) is -0.212. The Hall–Kier alpha value is -1.10. The van der Waals surface area contributed by atoms with Gasteiger partial charge in [0.05, 0.1) is 6.61 Å². The molecule has 33 heavy (non-hydrogen) atoms. The molecule has 0 heterocycles. The van der Waals surface area contributed by atoms with E-state index in [0.717, 1.165) is 57.8 Å². The van der Waals surface area contributed by atoms with Crippen LogP contribution in [0.3, 0.4) is 0 Å². The molecule has 196 valence electrons. The summed E-state index contributed by atoms with van der Waals surface area (Å²) < 4.78 is 16.2. The summed E-state index contributed by atoms with van der Waals surface area (Å²) in [5, 5.41) is 0. The predicted molar refractivity (Wildman–Crippen MR) is 136 cm³/mol. The third-order valence-corrected chi connectivity index (χ3v) is 6.08. The van der Waals surface area contributed by atoms with Crippen LogP contribution in [0.4, 0.5) is 0 Å². The molecule has 0 aliphatic rings. The molecular formula is C28H54O5. The van der Waals surface area contributed by atoms with E-state index < -0.39 is 0 Å². The highest BCUT2D eigenvalue weighted by atomic mass is 16.5. The van der Waals surface area contributed by atoms with Crippen LogP contribution in [0.2, 0.25) is 0 Å². The number of hydrogen-bond donors (Lipinski definition) is 0. The lowest BCUT2D eigenvalue weighted by Gasteiger charge is -2.18. The Kier molecular flexibility index (Phi) is 24.7. The SMILES string of the molecule is CCCCCCCCCCOC(=O)CCCCCC(=O)OC(CCCCCC)CCCOC. The van der Waals surface area contributed by atoms with E-state index in [0.29, 0.717) is 26.1 Å². The lowest BCUT2D eigenvalue weighted by atomic mass is 10.1. The van der Waals surface area contributed by atoms with Crippen molar-refractivity contribution in [3.8, 4) is 0 Å². The summed E-state index contributed by atoms with van der Waals surface area (Å²) in [7, 11) is 1.70. The minimum absolute atomic E-state index is 0.0100. The van der Waals surface area contributed by atoms with Crippen LogP contribution in [0.15, 0.2) is 0 Å². The van der Waals surface area contributed by atoms with E-state index in [9.17, 15) is 9.59 Å². The molecule has 0 N–H and O–H groups in total. The highest BCUT2D eigenvalue weighted by Crippen LogP contribution is 2.15. The molecule has 0 aliphatic heterocycles. The van der Waals surface area contributed by atoms with E-state index in [-0.39, 0.29) is 18.0 Å². The van der Waals surface area contributed by atoms with Crippen LogP contribution < -0.4 is 0 Å². The molecule has 5 nitrogen and oxygen atoms in total. The summed E-state index contributed by atoms with van der Waals surface area (Å²) in [5.41, 5.74) is 0. The molecule has 0 bridgehead atoms. The van der Waals surface area contributed by atoms with E-state index in [4.69, 9.17) is 14.2 Å². The number of hydrogen-bond acceptors (Lipinski definition) is 5. The zero-order chi connectivity index (χ0) is 24.4. The zero-order valence-corrected chi connectivity index (χ0v) is 22.2. The largest absolute Gasteiger partial charge is 0.466 e. The van der Waals surface area contributed by atoms with Crippen LogP contribution >= 0.6 is 0 Å². The molecule has 1 unspecified atom stereocenters. The fraction of sp³-hybridized carbons (Fsp3) is 0.929. The van der Waals surface area contributed by atoms with Gasteiger partial charge in [-0.15, -0.1) is 0 Å². The van der Waals surface area contributed by atoms with Gasteiger partial charge in [0, 0.05) is 26.6 Å². The van der Waals surface area contributed by atoms with Gasteiger partial charge in [-0.25, -0.2) is 0 Å². The Labute approximate surface area is 204 Å². The van der Waals surface area contributed by atoms with Crippen LogP contribution in [-0.2, 0) is 23.8 Å². The van der Waals surface area contributed by atoms with Gasteiger partial charge >= 0.3 is 11.9 Å². The van der Waals surface area contributed by atoms with Crippen LogP contribution in [0.1, 0.15) is 142 Å². The number of esters is 2. The number of carbonyl (C=O) groups excluding carboxylic acids is 2. The molecule has 5 heteroatoms. The minimum atomic E-state index is -0.106. The summed E-state index contributed by atoms with van der Waals surface area (Å²) >= 11 is 0. The fourth-order valence-electron chi connectivity index (χ4n) is 3.97. The molecule has 0 aromatic rings. The first-order valence-electron chi connectivity index (χ1n) is 14.0. The molecule has 0 fully saturated rings. The van der Waals surface area contributed by atoms with Crippen molar-refractivity contribution >= 4 is 11.9 Å². The predicted octanol–water partition coefficient (Wildman–Crippen LogP) is 7.93. The lowest BCUT2D eigenvalue weighted by Crippen LogP contribution is -2.19. The molecule has 0 amide bonds. The van der Waals surface area contributed by atoms with Crippen LogP contribution in [0, 0.1) is 0 Å². The molecule has 0 spiro atoms. The van der Waals surface area contributed by atoms with E-state index in [1.807, 2.05) is 0 Å². The van der Waals surface area contributed by atoms with Crippen molar-refractivity contribution in [3.63, 3.8) is 0 Å². The standard InChI is InChI=1S/C28H54O5/c1-4-6-8-10-11-12-13-18-25-32-27(29)22-16-14-17-23-28(30)33-26(21-19-24-31-3)20-15-9-7-5-2/h26H,4-25H2,1-3H3. The van der Waals surface area contributed by atoms with E-state index in [1.54, 1.807) is 7.11 Å². The second-order valence-electron chi connectivity index (χ2n) is 9.35. The van der Waals surface area contributed by atoms with Crippen LogP contribution in [0.5, 0.6) is 0 Å². The van der Waals surface area contributed by atoms with Gasteiger partial charge in [-0.1, -0.05) is 84.5 Å². The van der Waals surface area contributed by atoms with E-state index >= 15 is 0 Å². The smallest absolute Gasteiger partial charge is 0.306 e. The van der Waals surface area contributed by atoms with Crippen molar-refractivity contribution in [1.82, 2.24) is 0 Å². The molecule has 0 aliphatic carbocycles. The molecule has 0 radical (unpaired) electrons. The Morgan fingerprint density at radius 2 is 1.09 bits per heavy atom. The average Bonchev–Trinajstić information content (AvgIpc) is 2.80. The molecule has 0 saturated heterocycles. The minimum Gasteiger partial charge on any atom is -0.466 e. The van der Waals surface area contributed by atoms with Crippen molar-refractivity contribution in [2.75, 3.05) is 20.3 Å². The second-order valence-corrected chi connectivity index (χ2v) is 9.35. The topological polar surface area (TPSA) is 61.8 Å². The first-order chi connectivity index (χ1) is 16.1. The summed E-state index contributed by atoms with van der Waals surface area (Å²) in [6.07, 6.45) is 20.7. The quantitative estimate of drug-likeness (QED) is 0.100. The van der Waals surface area contributed by atoms with Crippen molar-refractivity contribution in [1.29, 1.82) is 0 Å². The van der Waals surface area contributed by atoms with Gasteiger partial charge in [-0.2, -0.15) is 0 Å². The number of carbonyl (C=O) groups is 2. The van der Waals surface area contributed by atoms with Gasteiger partial charge in [0.2, 0.25) is 0 Å². The monoisotopic (exact) mass is 470 g/mol. The first-order valence-corrected chi connectivity index (χ1v) is 14.0. The molecular weight excluding hydrogens is 416 g/mol. The highest BCUT2D eigenvalue weighted by Gasteiger charge is 2.14. The van der Waals surface area contributed by atoms with Gasteiger partial charge in [-0.3, -0.25) is 9.59 Å². The Balaban J connectivity index is 3.71. The Morgan fingerprint density at radius 1 is 0.576 bits per heavy atom. The third kappa shape index (κ3) is 23.8. The Morgan fingerprint density at radius 3 is 1.73 bits per heavy atom. The maximum absolute atomic E-state index is 12.2. The molecule has 0 rings (SSSR count). The first kappa shape index (κ1) is 31.9. The van der Waals surface area contributed by atoms with Crippen molar-refractivity contribution in [2.45, 2.75) is 148 Å². The molecule has 1 atom stereocenters. The number of methoxy groups -OCH3 is 1. The summed E-state index contributed by atoms with van der Waals surface area (Å²) in [6.45, 7) is 5.69. The second kappa shape index (κ2) is 25.5. The van der Waals surface area contributed by atoms with E-state index in [1.165, 1.54) is 57.8 Å². The Bertz CT molecular complexity index is 438. The zero-order valence-electron chi connectivity index (χ0n) is 22.2. The van der Waals surface area contributed by atoms with E-state index in [2.05, 4.69) is 13.8 Å². The van der Waals surface area contributed by atoms with Crippen LogP contribution in [0.25, 0.3) is 0 Å². The average molecular weight is 471 g/mol. The molecule has 0 aromatic heterocycles. The lowest BCUT2D eigenvalue weighted by molar-refractivity contribution is -0.150. The van der Waals surface area contributed by atoms with Crippen molar-refractivity contribution in [2.24, 2.45) is 0 Å². The highest BCUT2D eigenvalue weighted by molar-refractivity contribution is 5.70. The normalized spacial score (nSPS) is 12.0. The van der Waals surface area contributed by atoms with Gasteiger partial charge in [0.15, 0.2) is 0 Å². The number of unbranched alkanes of at least 4 members (excludes halogenated alkanes) is 12. The maximum Gasteiger partial charge on any atom is 0.306 e. The summed E-state index contributed by atoms with van der Waals surface area (Å²) in [6, 6.07) is 0. The van der Waals surface area contributed by atoms with Gasteiger partial charge in [0.25, 0.3) is 0 Å². The van der Waals surface area contributed by atoms with Crippen molar-refractivity contribution < 1.29 is 23.8 Å². The van der Waals surface area contributed by atoms with Gasteiger partial charge in [-0.05, 0) is 44.9 Å². The fourth-order valence-corrected chi connectivity index (χ4v) is 3.97. The number of ether oxygens (including phenoxy) is 3. The maximum atomic E-state index is 12.2. The van der Waals surface area contributed by atoms with Crippen LogP contribution in [-0.4, -0.2) is 38.4 Å².